The van der Waals surface area contributed by atoms with E-state index in [1.165, 1.54) is 10.9 Å². The van der Waals surface area contributed by atoms with Gasteiger partial charge in [0.15, 0.2) is 0 Å². The van der Waals surface area contributed by atoms with Crippen molar-refractivity contribution in [1.29, 1.82) is 0 Å². The molecule has 0 spiro atoms. The van der Waals surface area contributed by atoms with Gasteiger partial charge >= 0.3 is 0 Å². The first-order valence-electron chi connectivity index (χ1n) is 4.91. The second kappa shape index (κ2) is 3.73. The highest BCUT2D eigenvalue weighted by molar-refractivity contribution is 5.81. The van der Waals surface area contributed by atoms with Gasteiger partial charge in [0.05, 0.1) is 11.7 Å². The van der Waals surface area contributed by atoms with Crippen molar-refractivity contribution in [1.82, 2.24) is 0 Å². The summed E-state index contributed by atoms with van der Waals surface area (Å²) in [5.74, 6) is 0.0722. The van der Waals surface area contributed by atoms with E-state index in [0.29, 0.717) is 0 Å². The van der Waals surface area contributed by atoms with Gasteiger partial charge in [-0.3, -0.25) is 4.57 Å². The van der Waals surface area contributed by atoms with Gasteiger partial charge in [-0.25, -0.2) is 5.76 Å². The maximum Gasteiger partial charge on any atom is 0.123 e. The third kappa shape index (κ3) is 1.84. The molecule has 0 N–H and O–H groups in total. The van der Waals surface area contributed by atoms with Crippen LogP contribution in [0.4, 0.5) is 0 Å². The predicted molar refractivity (Wildman–Crippen MR) is 57.9 cm³/mol. The lowest BCUT2D eigenvalue weighted by atomic mass is 10.1. The average Bonchev–Trinajstić information content (AvgIpc) is 2.54. The predicted octanol–water partition coefficient (Wildman–Crippen LogP) is 1.20. The van der Waals surface area contributed by atoms with Crippen LogP contribution in [0.5, 0.6) is 0 Å². The Labute approximate surface area is 89.5 Å². The van der Waals surface area contributed by atoms with Crippen molar-refractivity contribution in [3.8, 4) is 0 Å². The van der Waals surface area contributed by atoms with E-state index in [2.05, 4.69) is 16.7 Å². The molecule has 0 unspecified atom stereocenters. The lowest BCUT2D eigenvalue weighted by Gasteiger charge is -2.10. The molecule has 0 aliphatic heterocycles. The monoisotopic (exact) mass is 199 g/mol. The highest BCUT2D eigenvalue weighted by atomic mass is 16.3. The van der Waals surface area contributed by atoms with Gasteiger partial charge in [0.1, 0.15) is 7.05 Å². The number of hydrogen-bond acceptors (Lipinski definition) is 1. The summed E-state index contributed by atoms with van der Waals surface area (Å²) in [6, 6.07) is 8.16. The minimum atomic E-state index is 0.0722. The van der Waals surface area contributed by atoms with Crippen molar-refractivity contribution < 1.29 is 9.67 Å². The van der Waals surface area contributed by atoms with Crippen molar-refractivity contribution in [3.63, 3.8) is 0 Å². The van der Waals surface area contributed by atoms with E-state index in [1.807, 2.05) is 31.8 Å². The number of fused-ring (bicyclic) bond motifs is 1. The highest BCUT2D eigenvalue weighted by Gasteiger charge is 1.99. The highest BCUT2D eigenvalue weighted by Crippen LogP contribution is 2.17. The van der Waals surface area contributed by atoms with Crippen LogP contribution in [-0.4, -0.2) is 0 Å². The molecule has 0 saturated heterocycles. The fourth-order valence-electron chi connectivity index (χ4n) is 1.71. The van der Waals surface area contributed by atoms with Gasteiger partial charge in [0.25, 0.3) is 0 Å². The SMILES string of the molecule is C/C([O-])=C\[CH-]c1c[n+](C)[c-]2ccccc12. The molecule has 0 radical (unpaired) electrons. The van der Waals surface area contributed by atoms with Crippen LogP contribution in [0.2, 0.25) is 0 Å². The first kappa shape index (κ1) is 9.71. The molecule has 0 fully saturated rings. The zero-order chi connectivity index (χ0) is 10.8. The molecular formula is C13H13NO-2. The third-order valence-electron chi connectivity index (χ3n) is 2.43. The molecular weight excluding hydrogens is 186 g/mol. The van der Waals surface area contributed by atoms with Crippen LogP contribution in [-0.2, 0) is 7.05 Å². The number of para-hydroxylation sites is 1. The van der Waals surface area contributed by atoms with Crippen LogP contribution in [0.1, 0.15) is 12.5 Å². The Morgan fingerprint density at radius 3 is 3.07 bits per heavy atom. The van der Waals surface area contributed by atoms with Gasteiger partial charge in [-0.05, 0) is 0 Å². The van der Waals surface area contributed by atoms with Crippen LogP contribution in [0.15, 0.2) is 42.3 Å². The summed E-state index contributed by atoms with van der Waals surface area (Å²) in [5, 5.41) is 12.0. The number of rotatable bonds is 2. The molecule has 1 heterocycles. The molecule has 2 rings (SSSR count). The number of nitrogens with zero attached hydrogens (tertiary/aromatic N) is 1. The summed E-state index contributed by atoms with van der Waals surface area (Å²) in [5.41, 5.74) is 2.27. The van der Waals surface area contributed by atoms with Gasteiger partial charge in [-0.15, -0.1) is 23.1 Å². The molecule has 2 nitrogen and oxygen atoms in total. The third-order valence-corrected chi connectivity index (χ3v) is 2.43. The summed E-state index contributed by atoms with van der Waals surface area (Å²) >= 11 is 0. The minimum absolute atomic E-state index is 0.0722. The first-order valence-corrected chi connectivity index (χ1v) is 4.91. The van der Waals surface area contributed by atoms with Crippen molar-refractivity contribution in [2.75, 3.05) is 0 Å². The van der Waals surface area contributed by atoms with Gasteiger partial charge < -0.3 is 5.11 Å². The normalized spacial score (nSPS) is 12.0. The van der Waals surface area contributed by atoms with Crippen LogP contribution < -0.4 is 9.67 Å². The van der Waals surface area contributed by atoms with Gasteiger partial charge in [0, 0.05) is 0 Å². The Morgan fingerprint density at radius 1 is 1.53 bits per heavy atom. The Hall–Kier alpha value is -1.83. The zero-order valence-electron chi connectivity index (χ0n) is 8.90. The second-order valence-electron chi connectivity index (χ2n) is 3.66. The summed E-state index contributed by atoms with van der Waals surface area (Å²) < 4.78 is 2.06. The van der Waals surface area contributed by atoms with Gasteiger partial charge in [-0.1, -0.05) is 13.0 Å². The molecule has 1 aromatic carbocycles. The summed E-state index contributed by atoms with van der Waals surface area (Å²) in [6.07, 6.45) is 5.50. The van der Waals surface area contributed by atoms with Crippen molar-refractivity contribution >= 4 is 10.9 Å². The van der Waals surface area contributed by atoms with Crippen LogP contribution in [0.25, 0.3) is 10.9 Å². The van der Waals surface area contributed by atoms with Gasteiger partial charge in [0.2, 0.25) is 0 Å². The van der Waals surface area contributed by atoms with Crippen molar-refractivity contribution in [3.05, 3.63) is 54.3 Å². The lowest BCUT2D eigenvalue weighted by molar-refractivity contribution is -0.642. The molecule has 2 heteroatoms. The van der Waals surface area contributed by atoms with E-state index < -0.39 is 0 Å². The molecule has 0 atom stereocenters. The minimum Gasteiger partial charge on any atom is -0.917 e. The van der Waals surface area contributed by atoms with E-state index in [-0.39, 0.29) is 5.76 Å². The Balaban J connectivity index is 2.48. The molecule has 2 aromatic rings. The van der Waals surface area contributed by atoms with Crippen molar-refractivity contribution in [2.45, 2.75) is 6.92 Å². The lowest BCUT2D eigenvalue weighted by Crippen LogP contribution is -2.24. The number of benzene rings is 1. The number of allylic oxidation sites excluding steroid dienone is 2. The smallest absolute Gasteiger partial charge is 0.123 e. The molecule has 0 bridgehead atoms. The van der Waals surface area contributed by atoms with E-state index in [4.69, 9.17) is 0 Å². The summed E-state index contributed by atoms with van der Waals surface area (Å²) in [4.78, 5) is 0. The van der Waals surface area contributed by atoms with Crippen LogP contribution in [0.3, 0.4) is 0 Å². The Morgan fingerprint density at radius 2 is 2.33 bits per heavy atom. The molecule has 15 heavy (non-hydrogen) atoms. The number of aromatic nitrogens is 1. The van der Waals surface area contributed by atoms with Gasteiger partial charge in [-0.2, -0.15) is 18.6 Å². The van der Waals surface area contributed by atoms with E-state index in [1.54, 1.807) is 13.0 Å². The Bertz CT molecular complexity index is 504. The second-order valence-corrected chi connectivity index (χ2v) is 3.66. The number of aryl methyl sites for hydroxylation is 1. The van der Waals surface area contributed by atoms with E-state index >= 15 is 0 Å². The largest absolute Gasteiger partial charge is 0.917 e. The standard InChI is InChI=1S/C13H14NO/c1-10(15)7-8-11-9-14(2)13-6-4-3-5-12(11)13/h3-9,15H,1-2H3/q-1/p-1/b10-7+. The zero-order valence-corrected chi connectivity index (χ0v) is 8.90. The molecule has 0 amide bonds. The molecule has 78 valence electrons. The maximum atomic E-state index is 10.9. The van der Waals surface area contributed by atoms with E-state index in [0.717, 1.165) is 5.56 Å². The van der Waals surface area contributed by atoms with Crippen molar-refractivity contribution in [2.24, 2.45) is 7.05 Å². The molecule has 0 saturated carbocycles. The fourth-order valence-corrected chi connectivity index (χ4v) is 1.71. The summed E-state index contributed by atoms with van der Waals surface area (Å²) in [6.45, 7) is 1.56. The molecule has 0 aliphatic carbocycles. The fraction of sp³-hybridized carbons (Fsp3) is 0.154. The Kier molecular flexibility index (Phi) is 2.42. The van der Waals surface area contributed by atoms with Crippen LogP contribution in [0, 0.1) is 6.42 Å². The average molecular weight is 199 g/mol. The topological polar surface area (TPSA) is 26.9 Å². The maximum absolute atomic E-state index is 10.9. The van der Waals surface area contributed by atoms with Crippen LogP contribution >= 0.6 is 0 Å². The first-order chi connectivity index (χ1) is 7.18. The quantitative estimate of drug-likeness (QED) is 0.405. The molecule has 1 aromatic heterocycles. The molecule has 0 aliphatic rings. The number of hydrogen-bond donors (Lipinski definition) is 0. The summed E-state index contributed by atoms with van der Waals surface area (Å²) in [7, 11) is 2.01. The van der Waals surface area contributed by atoms with E-state index in [9.17, 15) is 5.11 Å².